The van der Waals surface area contributed by atoms with Gasteiger partial charge < -0.3 is 5.32 Å². The fraction of sp³-hybridized carbons (Fsp3) is 0.167. The van der Waals surface area contributed by atoms with E-state index in [2.05, 4.69) is 33.7 Å². The molecule has 10 heavy (non-hydrogen) atoms. The van der Waals surface area contributed by atoms with Crippen LogP contribution in [-0.4, -0.2) is 26.3 Å². The molecule has 4 heteroatoms. The van der Waals surface area contributed by atoms with Gasteiger partial charge in [-0.15, -0.1) is 0 Å². The first-order valence-electron chi connectivity index (χ1n) is 2.80. The third-order valence-electron chi connectivity index (χ3n) is 1.16. The smallest absolute Gasteiger partial charge is 0.154 e. The number of rotatable bonds is 2. The Kier molecular flexibility index (Phi) is 1.94. The summed E-state index contributed by atoms with van der Waals surface area (Å²) in [6.45, 7) is 7.27. The molecule has 0 fully saturated rings. The van der Waals surface area contributed by atoms with E-state index in [1.54, 1.807) is 6.34 Å². The SMILES string of the molecule is C=NC1=C(N=C)NC=NC1. The van der Waals surface area contributed by atoms with Gasteiger partial charge in [0.2, 0.25) is 0 Å². The lowest BCUT2D eigenvalue weighted by molar-refractivity contribution is 0.944. The predicted octanol–water partition coefficient (Wildman–Crippen LogP) is 0.188. The third-order valence-corrected chi connectivity index (χ3v) is 1.16. The number of nitrogens with zero attached hydrogens (tertiary/aromatic N) is 3. The zero-order valence-corrected chi connectivity index (χ0v) is 5.54. The molecule has 1 heterocycles. The highest BCUT2D eigenvalue weighted by Gasteiger charge is 2.03. The van der Waals surface area contributed by atoms with Crippen molar-refractivity contribution in [2.45, 2.75) is 0 Å². The maximum Gasteiger partial charge on any atom is 0.154 e. The molecule has 0 saturated heterocycles. The van der Waals surface area contributed by atoms with Gasteiger partial charge in [0.15, 0.2) is 5.82 Å². The normalized spacial score (nSPS) is 16.4. The van der Waals surface area contributed by atoms with E-state index in [0.717, 1.165) is 5.70 Å². The van der Waals surface area contributed by atoms with Gasteiger partial charge in [0.25, 0.3) is 0 Å². The maximum atomic E-state index is 3.91. The number of hydrogen-bond donors (Lipinski definition) is 1. The lowest BCUT2D eigenvalue weighted by Crippen LogP contribution is -2.16. The number of hydrogen-bond acceptors (Lipinski definition) is 4. The molecule has 0 amide bonds. The van der Waals surface area contributed by atoms with Crippen LogP contribution in [0.2, 0.25) is 0 Å². The molecule has 0 radical (unpaired) electrons. The average molecular weight is 136 g/mol. The van der Waals surface area contributed by atoms with E-state index < -0.39 is 0 Å². The highest BCUT2D eigenvalue weighted by Crippen LogP contribution is 2.05. The first kappa shape index (κ1) is 6.67. The quantitative estimate of drug-likeness (QED) is 0.541. The minimum Gasteiger partial charge on any atom is -0.330 e. The van der Waals surface area contributed by atoms with E-state index in [9.17, 15) is 0 Å². The van der Waals surface area contributed by atoms with Crippen molar-refractivity contribution in [1.82, 2.24) is 5.32 Å². The second-order valence-corrected chi connectivity index (χ2v) is 1.73. The van der Waals surface area contributed by atoms with Crippen molar-refractivity contribution in [2.24, 2.45) is 15.0 Å². The molecule has 0 bridgehead atoms. The first-order valence-corrected chi connectivity index (χ1v) is 2.80. The summed E-state index contributed by atoms with van der Waals surface area (Å²) in [6, 6.07) is 0. The zero-order chi connectivity index (χ0) is 7.40. The second-order valence-electron chi connectivity index (χ2n) is 1.73. The highest BCUT2D eigenvalue weighted by molar-refractivity contribution is 5.61. The average Bonchev–Trinajstić information content (AvgIpc) is 2.04. The lowest BCUT2D eigenvalue weighted by atomic mass is 10.4. The van der Waals surface area contributed by atoms with Crippen LogP contribution < -0.4 is 5.32 Å². The molecule has 52 valence electrons. The molecule has 0 aromatic rings. The van der Waals surface area contributed by atoms with Crippen molar-refractivity contribution in [3.8, 4) is 0 Å². The van der Waals surface area contributed by atoms with E-state index in [4.69, 9.17) is 0 Å². The van der Waals surface area contributed by atoms with Crippen molar-refractivity contribution >= 4 is 19.8 Å². The van der Waals surface area contributed by atoms with E-state index in [0.29, 0.717) is 12.4 Å². The largest absolute Gasteiger partial charge is 0.330 e. The van der Waals surface area contributed by atoms with Crippen LogP contribution in [0.15, 0.2) is 26.5 Å². The van der Waals surface area contributed by atoms with Crippen LogP contribution in [0.1, 0.15) is 0 Å². The molecular formula is C6H8N4. The zero-order valence-electron chi connectivity index (χ0n) is 5.54. The number of nitrogens with one attached hydrogen (secondary N) is 1. The van der Waals surface area contributed by atoms with Crippen molar-refractivity contribution in [2.75, 3.05) is 6.54 Å². The van der Waals surface area contributed by atoms with Gasteiger partial charge in [0.05, 0.1) is 12.9 Å². The Balaban J connectivity index is 2.85. The molecule has 1 aliphatic heterocycles. The summed E-state index contributed by atoms with van der Waals surface area (Å²) in [5.74, 6) is 0.644. The van der Waals surface area contributed by atoms with Crippen molar-refractivity contribution in [3.05, 3.63) is 11.5 Å². The fourth-order valence-corrected chi connectivity index (χ4v) is 0.659. The molecular weight excluding hydrogens is 128 g/mol. The van der Waals surface area contributed by atoms with Crippen LogP contribution in [0.25, 0.3) is 0 Å². The predicted molar refractivity (Wildman–Crippen MR) is 42.6 cm³/mol. The van der Waals surface area contributed by atoms with Gasteiger partial charge in [0, 0.05) is 0 Å². The minimum absolute atomic E-state index is 0.533. The first-order chi connectivity index (χ1) is 4.88. The van der Waals surface area contributed by atoms with Crippen molar-refractivity contribution in [1.29, 1.82) is 0 Å². The van der Waals surface area contributed by atoms with Gasteiger partial charge in [-0.05, 0) is 13.4 Å². The third kappa shape index (κ3) is 1.10. The van der Waals surface area contributed by atoms with Crippen LogP contribution in [0, 0.1) is 0 Å². The number of aliphatic imine (C=N–C) groups is 3. The molecule has 0 aliphatic carbocycles. The van der Waals surface area contributed by atoms with E-state index in [1.807, 2.05) is 0 Å². The van der Waals surface area contributed by atoms with Gasteiger partial charge >= 0.3 is 0 Å². The Morgan fingerprint density at radius 2 is 2.30 bits per heavy atom. The van der Waals surface area contributed by atoms with E-state index in [-0.39, 0.29) is 0 Å². The van der Waals surface area contributed by atoms with Gasteiger partial charge in [-0.3, -0.25) is 9.98 Å². The molecule has 0 saturated carbocycles. The summed E-state index contributed by atoms with van der Waals surface area (Å²) >= 11 is 0. The van der Waals surface area contributed by atoms with Crippen LogP contribution in [0.5, 0.6) is 0 Å². The summed E-state index contributed by atoms with van der Waals surface area (Å²) in [7, 11) is 0. The summed E-state index contributed by atoms with van der Waals surface area (Å²) in [5, 5.41) is 2.79. The molecule has 0 spiro atoms. The van der Waals surface area contributed by atoms with Crippen LogP contribution in [0.3, 0.4) is 0 Å². The molecule has 1 N–H and O–H groups in total. The van der Waals surface area contributed by atoms with Gasteiger partial charge in [-0.1, -0.05) is 0 Å². The van der Waals surface area contributed by atoms with Crippen LogP contribution in [0.4, 0.5) is 0 Å². The van der Waals surface area contributed by atoms with Crippen molar-refractivity contribution < 1.29 is 0 Å². The van der Waals surface area contributed by atoms with E-state index in [1.165, 1.54) is 0 Å². The molecule has 0 atom stereocenters. The van der Waals surface area contributed by atoms with Gasteiger partial charge in [-0.25, -0.2) is 4.99 Å². The molecule has 0 aromatic heterocycles. The highest BCUT2D eigenvalue weighted by atomic mass is 15.1. The Labute approximate surface area is 59.1 Å². The Morgan fingerprint density at radius 1 is 1.50 bits per heavy atom. The standard InChI is InChI=1S/C6H8N4/c1-7-5-3-9-4-10-6(5)8-2/h4H,1-3H2,(H,9,10). The minimum atomic E-state index is 0.533. The molecule has 0 unspecified atom stereocenters. The van der Waals surface area contributed by atoms with Crippen molar-refractivity contribution in [3.63, 3.8) is 0 Å². The summed E-state index contributed by atoms with van der Waals surface area (Å²) in [6.07, 6.45) is 1.57. The molecule has 4 nitrogen and oxygen atoms in total. The fourth-order valence-electron chi connectivity index (χ4n) is 0.659. The lowest BCUT2D eigenvalue weighted by Gasteiger charge is -2.08. The summed E-state index contributed by atoms with van der Waals surface area (Å²) < 4.78 is 0. The van der Waals surface area contributed by atoms with Crippen LogP contribution in [-0.2, 0) is 0 Å². The Morgan fingerprint density at radius 3 is 2.80 bits per heavy atom. The summed E-state index contributed by atoms with van der Waals surface area (Å²) in [5.41, 5.74) is 0.734. The molecule has 1 aliphatic rings. The maximum absolute atomic E-state index is 3.91. The molecule has 1 rings (SSSR count). The Bertz CT molecular complexity index is 192. The second kappa shape index (κ2) is 2.91. The van der Waals surface area contributed by atoms with Gasteiger partial charge in [-0.2, -0.15) is 0 Å². The molecule has 0 aromatic carbocycles. The summed E-state index contributed by atoms with van der Waals surface area (Å²) in [4.78, 5) is 11.3. The monoisotopic (exact) mass is 136 g/mol. The van der Waals surface area contributed by atoms with Gasteiger partial charge in [0.1, 0.15) is 5.70 Å². The van der Waals surface area contributed by atoms with Crippen LogP contribution >= 0.6 is 0 Å². The van der Waals surface area contributed by atoms with E-state index >= 15 is 0 Å². The Hall–Kier alpha value is -1.45. The topological polar surface area (TPSA) is 49.1 Å².